The van der Waals surface area contributed by atoms with E-state index < -0.39 is 11.9 Å². The topological polar surface area (TPSA) is 88.8 Å². The molecule has 2 atom stereocenters. The minimum Gasteiger partial charge on any atom is -0.477 e. The van der Waals surface area contributed by atoms with Crippen molar-refractivity contribution in [2.45, 2.75) is 25.1 Å². The molecule has 0 spiro atoms. The number of carboxylic acids is 1. The Morgan fingerprint density at radius 3 is 2.68 bits per heavy atom. The number of rotatable bonds is 8. The molecule has 0 aliphatic carbocycles. The number of carbonyl (C=O) groups excluding carboxylic acids is 2. The SMILES string of the molecule is Cc1csc(=S)n1OCC1=C(C(=O)O)N2C(=O)[C@@H](CC(=O)Cc3ccccc3)[C@H]2SC1. The fourth-order valence-corrected chi connectivity index (χ4v) is 6.14. The van der Waals surface area contributed by atoms with Gasteiger partial charge in [0.25, 0.3) is 0 Å². The molecule has 2 aliphatic heterocycles. The molecule has 1 aromatic heterocycles. The number of hydrogen-bond acceptors (Lipinski definition) is 7. The molecule has 1 aromatic carbocycles. The average molecular weight is 477 g/mol. The van der Waals surface area contributed by atoms with Gasteiger partial charge in [0.2, 0.25) is 5.91 Å². The van der Waals surface area contributed by atoms with E-state index in [-0.39, 0.29) is 42.2 Å². The Bertz CT molecular complexity index is 1120. The maximum absolute atomic E-state index is 12.8. The van der Waals surface area contributed by atoms with Gasteiger partial charge in [-0.25, -0.2) is 4.79 Å². The first kappa shape index (κ1) is 21.8. The van der Waals surface area contributed by atoms with Gasteiger partial charge in [0.15, 0.2) is 3.95 Å². The Hall–Kier alpha value is -2.43. The fraction of sp³-hybridized carbons (Fsp3) is 0.333. The number of hydrogen-bond donors (Lipinski definition) is 1. The highest BCUT2D eigenvalue weighted by molar-refractivity contribution is 8.00. The molecule has 3 heterocycles. The molecular formula is C21H20N2O5S3. The summed E-state index contributed by atoms with van der Waals surface area (Å²) < 4.78 is 2.03. The van der Waals surface area contributed by atoms with Gasteiger partial charge in [0, 0.05) is 29.5 Å². The standard InChI is InChI=1S/C21H20N2O5S3/c1-12-10-31-21(29)23(12)28-9-14-11-30-19-16(18(25)22(19)17(14)20(26)27)8-15(24)7-13-5-3-2-4-6-13/h2-6,10,16,19H,7-9,11H2,1H3,(H,26,27)/t16-,19-/m1/s1. The number of thiazole rings is 1. The normalized spacial score (nSPS) is 20.3. The van der Waals surface area contributed by atoms with Crippen molar-refractivity contribution in [2.75, 3.05) is 12.4 Å². The van der Waals surface area contributed by atoms with Gasteiger partial charge in [-0.2, -0.15) is 4.73 Å². The van der Waals surface area contributed by atoms with Crippen LogP contribution in [0.2, 0.25) is 0 Å². The number of nitrogens with zero attached hydrogens (tertiary/aromatic N) is 2. The van der Waals surface area contributed by atoms with Crippen molar-refractivity contribution in [3.63, 3.8) is 0 Å². The molecule has 1 N–H and O–H groups in total. The lowest BCUT2D eigenvalue weighted by atomic mass is 9.89. The van der Waals surface area contributed by atoms with E-state index in [0.29, 0.717) is 15.3 Å². The van der Waals surface area contributed by atoms with Crippen molar-refractivity contribution in [3.05, 3.63) is 62.2 Å². The summed E-state index contributed by atoms with van der Waals surface area (Å²) in [4.78, 5) is 44.2. The Morgan fingerprint density at radius 2 is 2.03 bits per heavy atom. The van der Waals surface area contributed by atoms with E-state index in [1.54, 1.807) is 0 Å². The van der Waals surface area contributed by atoms with E-state index in [0.717, 1.165) is 11.3 Å². The number of Topliss-reactive ketones (excluding diaryl/α,β-unsaturated/α-hetero) is 1. The van der Waals surface area contributed by atoms with Crippen LogP contribution in [-0.2, 0) is 20.8 Å². The second-order valence-corrected chi connectivity index (χ2v) is 10.00. The van der Waals surface area contributed by atoms with E-state index in [2.05, 4.69) is 0 Å². The van der Waals surface area contributed by atoms with Crippen molar-refractivity contribution in [2.24, 2.45) is 5.92 Å². The van der Waals surface area contributed by atoms with Gasteiger partial charge < -0.3 is 9.94 Å². The van der Waals surface area contributed by atoms with Crippen molar-refractivity contribution in [3.8, 4) is 0 Å². The highest BCUT2D eigenvalue weighted by atomic mass is 32.2. The molecule has 7 nitrogen and oxygen atoms in total. The van der Waals surface area contributed by atoms with Gasteiger partial charge in [0.05, 0.1) is 17.0 Å². The molecule has 0 radical (unpaired) electrons. The number of β-lactam (4-membered cyclic amide) rings is 1. The summed E-state index contributed by atoms with van der Waals surface area (Å²) in [6, 6.07) is 9.37. The summed E-state index contributed by atoms with van der Waals surface area (Å²) in [6.45, 7) is 1.87. The summed E-state index contributed by atoms with van der Waals surface area (Å²) >= 11 is 8.05. The Kier molecular flexibility index (Phi) is 6.31. The number of carboxylic acid groups (broad SMARTS) is 1. The van der Waals surface area contributed by atoms with E-state index in [1.807, 2.05) is 42.6 Å². The Balaban J connectivity index is 1.46. The molecule has 0 bridgehead atoms. The number of benzene rings is 1. The van der Waals surface area contributed by atoms with Crippen LogP contribution in [-0.4, -0.2) is 50.1 Å². The third kappa shape index (κ3) is 4.32. The molecule has 31 heavy (non-hydrogen) atoms. The van der Waals surface area contributed by atoms with Gasteiger partial charge >= 0.3 is 5.97 Å². The zero-order valence-electron chi connectivity index (χ0n) is 16.6. The van der Waals surface area contributed by atoms with Crippen LogP contribution in [0.25, 0.3) is 0 Å². The first-order valence-electron chi connectivity index (χ1n) is 9.63. The number of ketones is 1. The van der Waals surface area contributed by atoms with E-state index in [9.17, 15) is 19.5 Å². The molecular weight excluding hydrogens is 456 g/mol. The van der Waals surface area contributed by atoms with E-state index in [4.69, 9.17) is 17.1 Å². The van der Waals surface area contributed by atoms with Crippen LogP contribution in [0.3, 0.4) is 0 Å². The zero-order valence-corrected chi connectivity index (χ0v) is 19.1. The van der Waals surface area contributed by atoms with Gasteiger partial charge in [0.1, 0.15) is 18.1 Å². The van der Waals surface area contributed by atoms with E-state index in [1.165, 1.54) is 32.7 Å². The predicted octanol–water partition coefficient (Wildman–Crippen LogP) is 3.09. The zero-order chi connectivity index (χ0) is 22.1. The number of aryl methyl sites for hydroxylation is 1. The van der Waals surface area contributed by atoms with Crippen molar-refractivity contribution >= 4 is 53.0 Å². The third-order valence-electron chi connectivity index (χ3n) is 5.24. The number of fused-ring (bicyclic) bond motifs is 1. The smallest absolute Gasteiger partial charge is 0.352 e. The lowest BCUT2D eigenvalue weighted by Crippen LogP contribution is -2.62. The van der Waals surface area contributed by atoms with Crippen LogP contribution in [0.15, 0.2) is 47.0 Å². The van der Waals surface area contributed by atoms with Crippen LogP contribution in [0.1, 0.15) is 17.7 Å². The molecule has 0 saturated carbocycles. The van der Waals surface area contributed by atoms with Crippen molar-refractivity contribution < 1.29 is 24.3 Å². The van der Waals surface area contributed by atoms with Crippen LogP contribution >= 0.6 is 35.3 Å². The molecule has 10 heteroatoms. The van der Waals surface area contributed by atoms with Gasteiger partial charge in [-0.1, -0.05) is 30.3 Å². The van der Waals surface area contributed by atoms with Crippen molar-refractivity contribution in [1.29, 1.82) is 0 Å². The summed E-state index contributed by atoms with van der Waals surface area (Å²) in [5.74, 6) is -1.60. The molecule has 0 unspecified atom stereocenters. The first-order chi connectivity index (χ1) is 14.9. The third-order valence-corrected chi connectivity index (χ3v) is 7.91. The molecule has 2 aromatic rings. The summed E-state index contributed by atoms with van der Waals surface area (Å²) in [7, 11) is 0. The summed E-state index contributed by atoms with van der Waals surface area (Å²) in [5, 5.41) is 11.3. The van der Waals surface area contributed by atoms with E-state index >= 15 is 0 Å². The lowest BCUT2D eigenvalue weighted by Gasteiger charge is -2.49. The number of aliphatic carboxylic acids is 1. The molecule has 1 amide bonds. The number of carbonyl (C=O) groups is 3. The quantitative estimate of drug-likeness (QED) is 0.463. The average Bonchev–Trinajstić information content (AvgIpc) is 3.07. The Labute approximate surface area is 192 Å². The second kappa shape index (κ2) is 8.97. The monoisotopic (exact) mass is 476 g/mol. The highest BCUT2D eigenvalue weighted by Gasteiger charge is 2.53. The summed E-state index contributed by atoms with van der Waals surface area (Å²) in [6.07, 6.45) is 0.382. The lowest BCUT2D eigenvalue weighted by molar-refractivity contribution is -0.154. The molecule has 2 aliphatic rings. The molecule has 4 rings (SSSR count). The van der Waals surface area contributed by atoms with Crippen LogP contribution < -0.4 is 4.84 Å². The van der Waals surface area contributed by atoms with Crippen LogP contribution in [0.4, 0.5) is 0 Å². The van der Waals surface area contributed by atoms with Crippen molar-refractivity contribution in [1.82, 2.24) is 9.63 Å². The van der Waals surface area contributed by atoms with Crippen LogP contribution in [0, 0.1) is 16.8 Å². The fourth-order valence-electron chi connectivity index (χ4n) is 3.74. The maximum atomic E-state index is 12.8. The Morgan fingerprint density at radius 1 is 1.29 bits per heavy atom. The van der Waals surface area contributed by atoms with Crippen LogP contribution in [0.5, 0.6) is 0 Å². The number of aromatic nitrogens is 1. The largest absolute Gasteiger partial charge is 0.477 e. The highest BCUT2D eigenvalue weighted by Crippen LogP contribution is 2.45. The maximum Gasteiger partial charge on any atom is 0.352 e. The van der Waals surface area contributed by atoms with Gasteiger partial charge in [-0.05, 0) is 24.7 Å². The first-order valence-corrected chi connectivity index (χ1v) is 12.0. The second-order valence-electron chi connectivity index (χ2n) is 7.39. The molecule has 1 saturated heterocycles. The predicted molar refractivity (Wildman–Crippen MR) is 120 cm³/mol. The molecule has 162 valence electrons. The minimum atomic E-state index is -1.17. The number of thioether (sulfide) groups is 1. The number of amides is 1. The van der Waals surface area contributed by atoms with Gasteiger partial charge in [-0.15, -0.1) is 23.1 Å². The van der Waals surface area contributed by atoms with Gasteiger partial charge in [-0.3, -0.25) is 14.5 Å². The molecule has 1 fully saturated rings. The minimum absolute atomic E-state index is 0.0224. The summed E-state index contributed by atoms with van der Waals surface area (Å²) in [5.41, 5.74) is 2.20.